The van der Waals surface area contributed by atoms with Gasteiger partial charge in [0.1, 0.15) is 17.2 Å². The van der Waals surface area contributed by atoms with Crippen LogP contribution >= 0.6 is 0 Å². The average Bonchev–Trinajstić information content (AvgIpc) is 2.70. The lowest BCUT2D eigenvalue weighted by molar-refractivity contribution is 0.0958. The minimum absolute atomic E-state index is 0.0215. The fourth-order valence-electron chi connectivity index (χ4n) is 2.31. The number of halogens is 1. The molecule has 7 nitrogen and oxygen atoms in total. The van der Waals surface area contributed by atoms with Crippen molar-refractivity contribution in [1.82, 2.24) is 10.3 Å². The Morgan fingerprint density at radius 1 is 1.04 bits per heavy atom. The molecule has 2 aromatic carbocycles. The van der Waals surface area contributed by atoms with Gasteiger partial charge in [-0.05, 0) is 30.3 Å². The molecule has 1 heterocycles. The van der Waals surface area contributed by atoms with Crippen LogP contribution in [0.5, 0.6) is 11.5 Å². The van der Waals surface area contributed by atoms with Gasteiger partial charge in [0.15, 0.2) is 5.82 Å². The highest BCUT2D eigenvalue weighted by molar-refractivity contribution is 7.92. The van der Waals surface area contributed by atoms with Crippen molar-refractivity contribution in [2.24, 2.45) is 0 Å². The monoisotopic (exact) mass is 401 g/mol. The van der Waals surface area contributed by atoms with Crippen LogP contribution < -0.4 is 14.8 Å². The molecule has 0 aliphatic heterocycles. The quantitative estimate of drug-likeness (QED) is 0.661. The van der Waals surface area contributed by atoms with Crippen molar-refractivity contribution in [3.8, 4) is 11.5 Å². The van der Waals surface area contributed by atoms with Crippen LogP contribution in [0.15, 0.2) is 71.8 Å². The molecule has 9 heteroatoms. The number of nitrogens with zero attached hydrogens (tertiary/aromatic N) is 1. The number of carbonyl (C=O) groups is 1. The maximum atomic E-state index is 14.4. The molecule has 144 valence electrons. The van der Waals surface area contributed by atoms with Gasteiger partial charge < -0.3 is 10.1 Å². The molecule has 1 amide bonds. The first-order valence-electron chi connectivity index (χ1n) is 8.12. The highest BCUT2D eigenvalue weighted by Crippen LogP contribution is 2.27. The summed E-state index contributed by atoms with van der Waals surface area (Å²) in [6.45, 7) is 0. The van der Waals surface area contributed by atoms with Gasteiger partial charge in [-0.25, -0.2) is 12.8 Å². The zero-order valence-corrected chi connectivity index (χ0v) is 15.5. The lowest BCUT2D eigenvalue weighted by Gasteiger charge is -2.11. The first kappa shape index (κ1) is 19.3. The van der Waals surface area contributed by atoms with Crippen molar-refractivity contribution in [2.75, 3.05) is 11.8 Å². The third-order valence-electron chi connectivity index (χ3n) is 3.67. The maximum absolute atomic E-state index is 14.4. The molecule has 0 bridgehead atoms. The van der Waals surface area contributed by atoms with E-state index in [0.717, 1.165) is 6.07 Å². The van der Waals surface area contributed by atoms with E-state index in [4.69, 9.17) is 4.74 Å². The number of carbonyl (C=O) groups excluding carboxylic acids is 1. The Hall–Kier alpha value is -3.46. The molecule has 0 aliphatic rings. The number of benzene rings is 2. The molecule has 0 saturated carbocycles. The van der Waals surface area contributed by atoms with E-state index in [0.29, 0.717) is 0 Å². The Morgan fingerprint density at radius 3 is 2.43 bits per heavy atom. The van der Waals surface area contributed by atoms with E-state index in [-0.39, 0.29) is 33.7 Å². The Balaban J connectivity index is 1.79. The number of amides is 1. The van der Waals surface area contributed by atoms with Crippen molar-refractivity contribution in [3.63, 3.8) is 0 Å². The minimum atomic E-state index is -3.91. The number of ether oxygens (including phenoxy) is 1. The van der Waals surface area contributed by atoms with E-state index in [1.54, 1.807) is 18.2 Å². The van der Waals surface area contributed by atoms with E-state index in [1.807, 2.05) is 0 Å². The molecular formula is C19H16FN3O4S. The molecule has 0 aliphatic carbocycles. The van der Waals surface area contributed by atoms with Gasteiger partial charge in [0.25, 0.3) is 15.9 Å². The Bertz CT molecular complexity index is 1110. The molecule has 28 heavy (non-hydrogen) atoms. The summed E-state index contributed by atoms with van der Waals surface area (Å²) in [5.74, 6) is -0.778. The van der Waals surface area contributed by atoms with Crippen LogP contribution in [0.4, 0.5) is 10.1 Å². The summed E-state index contributed by atoms with van der Waals surface area (Å²) in [7, 11) is -2.43. The first-order valence-corrected chi connectivity index (χ1v) is 9.61. The van der Waals surface area contributed by atoms with E-state index in [1.165, 1.54) is 49.6 Å². The van der Waals surface area contributed by atoms with Gasteiger partial charge in [-0.15, -0.1) is 0 Å². The number of sulfonamides is 1. The third-order valence-corrected chi connectivity index (χ3v) is 5.05. The van der Waals surface area contributed by atoms with Gasteiger partial charge in [0, 0.05) is 25.4 Å². The Morgan fingerprint density at radius 2 is 1.75 bits per heavy atom. The average molecular weight is 401 g/mol. The summed E-state index contributed by atoms with van der Waals surface area (Å²) in [5.41, 5.74) is -0.0651. The second-order valence-corrected chi connectivity index (χ2v) is 7.30. The van der Waals surface area contributed by atoms with Crippen molar-refractivity contribution >= 4 is 21.6 Å². The van der Waals surface area contributed by atoms with Crippen LogP contribution in [-0.2, 0) is 10.0 Å². The summed E-state index contributed by atoms with van der Waals surface area (Å²) < 4.78 is 46.7. The summed E-state index contributed by atoms with van der Waals surface area (Å²) in [6, 6.07) is 14.3. The number of nitrogens with one attached hydrogen (secondary N) is 2. The standard InChI is InChI=1S/C19H16FN3O4S/c1-21-19(24)18-12-14(9-10-22-18)27-13-7-8-17(16(20)11-13)23-28(25,26)15-5-3-2-4-6-15/h2-12,23H,1H3,(H,21,24). The predicted molar refractivity (Wildman–Crippen MR) is 101 cm³/mol. The lowest BCUT2D eigenvalue weighted by atomic mass is 10.3. The first-order chi connectivity index (χ1) is 13.4. The molecule has 1 aromatic heterocycles. The molecule has 0 spiro atoms. The molecule has 0 fully saturated rings. The fourth-order valence-corrected chi connectivity index (χ4v) is 3.40. The summed E-state index contributed by atoms with van der Waals surface area (Å²) in [4.78, 5) is 15.5. The van der Waals surface area contributed by atoms with E-state index in [9.17, 15) is 17.6 Å². The van der Waals surface area contributed by atoms with Gasteiger partial charge >= 0.3 is 0 Å². The number of pyridine rings is 1. The third kappa shape index (κ3) is 4.44. The van der Waals surface area contributed by atoms with Gasteiger partial charge in [-0.2, -0.15) is 0 Å². The van der Waals surface area contributed by atoms with E-state index in [2.05, 4.69) is 15.0 Å². The topological polar surface area (TPSA) is 97.4 Å². The van der Waals surface area contributed by atoms with Crippen LogP contribution in [0.25, 0.3) is 0 Å². The molecule has 0 unspecified atom stereocenters. The largest absolute Gasteiger partial charge is 0.457 e. The normalized spacial score (nSPS) is 10.9. The Labute approximate surface area is 161 Å². The SMILES string of the molecule is CNC(=O)c1cc(Oc2ccc(NS(=O)(=O)c3ccccc3)c(F)c2)ccn1. The smallest absolute Gasteiger partial charge is 0.269 e. The minimum Gasteiger partial charge on any atom is -0.457 e. The molecular weight excluding hydrogens is 385 g/mol. The zero-order valence-electron chi connectivity index (χ0n) is 14.7. The zero-order chi connectivity index (χ0) is 20.1. The van der Waals surface area contributed by atoms with Crippen LogP contribution in [0.3, 0.4) is 0 Å². The van der Waals surface area contributed by atoms with Crippen molar-refractivity contribution in [2.45, 2.75) is 4.90 Å². The predicted octanol–water partition coefficient (Wildman–Crippen LogP) is 3.17. The summed E-state index contributed by atoms with van der Waals surface area (Å²) in [5, 5.41) is 2.44. The van der Waals surface area contributed by atoms with Crippen molar-refractivity contribution < 1.29 is 22.3 Å². The molecule has 3 aromatic rings. The van der Waals surface area contributed by atoms with Crippen molar-refractivity contribution in [1.29, 1.82) is 0 Å². The highest BCUT2D eigenvalue weighted by atomic mass is 32.2. The molecule has 0 radical (unpaired) electrons. The molecule has 3 rings (SSSR count). The van der Waals surface area contributed by atoms with Gasteiger partial charge in [0.05, 0.1) is 10.6 Å². The molecule has 2 N–H and O–H groups in total. The second-order valence-electron chi connectivity index (χ2n) is 5.62. The van der Waals surface area contributed by atoms with E-state index < -0.39 is 15.8 Å². The van der Waals surface area contributed by atoms with Gasteiger partial charge in [0.2, 0.25) is 0 Å². The number of rotatable bonds is 6. The van der Waals surface area contributed by atoms with Crippen LogP contribution in [0, 0.1) is 5.82 Å². The fraction of sp³-hybridized carbons (Fsp3) is 0.0526. The van der Waals surface area contributed by atoms with E-state index >= 15 is 0 Å². The molecule has 0 saturated heterocycles. The number of hydrogen-bond acceptors (Lipinski definition) is 5. The Kier molecular flexibility index (Phi) is 5.55. The van der Waals surface area contributed by atoms with Crippen LogP contribution in [0.2, 0.25) is 0 Å². The molecule has 0 atom stereocenters. The van der Waals surface area contributed by atoms with Crippen LogP contribution in [0.1, 0.15) is 10.5 Å². The summed E-state index contributed by atoms with van der Waals surface area (Å²) in [6.07, 6.45) is 1.39. The lowest BCUT2D eigenvalue weighted by Crippen LogP contribution is -2.18. The maximum Gasteiger partial charge on any atom is 0.269 e. The van der Waals surface area contributed by atoms with Crippen molar-refractivity contribution in [3.05, 3.63) is 78.4 Å². The number of hydrogen-bond donors (Lipinski definition) is 2. The van der Waals surface area contributed by atoms with Gasteiger partial charge in [-0.1, -0.05) is 18.2 Å². The van der Waals surface area contributed by atoms with Crippen LogP contribution in [-0.4, -0.2) is 26.4 Å². The summed E-state index contributed by atoms with van der Waals surface area (Å²) >= 11 is 0. The number of anilines is 1. The second kappa shape index (κ2) is 8.05. The highest BCUT2D eigenvalue weighted by Gasteiger charge is 2.16. The number of aromatic nitrogens is 1. The van der Waals surface area contributed by atoms with Gasteiger partial charge in [-0.3, -0.25) is 14.5 Å².